The molecule has 2 aliphatic heterocycles. The Labute approximate surface area is 228 Å². The van der Waals surface area contributed by atoms with E-state index in [1.54, 1.807) is 24.4 Å². The molecule has 0 amide bonds. The fourth-order valence-corrected chi connectivity index (χ4v) is 5.21. The molecule has 2 aliphatic rings. The molecule has 12 heteroatoms. The SMILES string of the molecule is Fc1cc(Cl)ccc1COc1nccc(C2CCN(Cc3nc4cc(Cl)nnc4n3CC3CCO3)CC2)n1. The number of fused-ring (bicyclic) bond motifs is 1. The van der Waals surface area contributed by atoms with E-state index in [-0.39, 0.29) is 24.6 Å². The molecule has 0 bridgehead atoms. The molecular weight excluding hydrogens is 532 g/mol. The number of hydrogen-bond acceptors (Lipinski definition) is 8. The molecule has 0 radical (unpaired) electrons. The standard InChI is InChI=1S/C26H26Cl2FN7O2/c27-18-2-1-17(20(29)11-18)15-38-26-30-7-3-21(32-26)16-4-8-35(9-5-16)14-24-31-22-12-23(28)33-34-25(22)36(24)13-19-6-10-37-19/h1-3,7,11-12,16,19H,4-6,8-10,13-15H2. The molecule has 4 aromatic rings. The Hall–Kier alpha value is -2.92. The Balaban J connectivity index is 1.09. The first-order valence-electron chi connectivity index (χ1n) is 12.6. The summed E-state index contributed by atoms with van der Waals surface area (Å²) >= 11 is 11.9. The maximum atomic E-state index is 14.1. The monoisotopic (exact) mass is 557 g/mol. The summed E-state index contributed by atoms with van der Waals surface area (Å²) in [5.74, 6) is 0.818. The molecule has 6 rings (SSSR count). The second-order valence-corrected chi connectivity index (χ2v) is 10.5. The molecule has 9 nitrogen and oxygen atoms in total. The molecule has 1 aromatic carbocycles. The highest BCUT2D eigenvalue weighted by Crippen LogP contribution is 2.29. The van der Waals surface area contributed by atoms with Gasteiger partial charge in [0, 0.05) is 35.4 Å². The normalized spacial score (nSPS) is 18.6. The first-order valence-corrected chi connectivity index (χ1v) is 13.4. The van der Waals surface area contributed by atoms with Gasteiger partial charge in [-0.2, -0.15) is 4.98 Å². The van der Waals surface area contributed by atoms with Gasteiger partial charge < -0.3 is 14.0 Å². The van der Waals surface area contributed by atoms with Crippen LogP contribution in [0.2, 0.25) is 10.2 Å². The number of aromatic nitrogens is 6. The van der Waals surface area contributed by atoms with Crippen molar-refractivity contribution < 1.29 is 13.9 Å². The third-order valence-electron chi connectivity index (χ3n) is 7.12. The highest BCUT2D eigenvalue weighted by Gasteiger charge is 2.26. The van der Waals surface area contributed by atoms with Gasteiger partial charge in [-0.1, -0.05) is 29.3 Å². The molecule has 0 N–H and O–H groups in total. The average molecular weight is 558 g/mol. The van der Waals surface area contributed by atoms with Crippen LogP contribution in [0.4, 0.5) is 4.39 Å². The van der Waals surface area contributed by atoms with E-state index in [4.69, 9.17) is 37.7 Å². The van der Waals surface area contributed by atoms with Gasteiger partial charge in [0.15, 0.2) is 10.8 Å². The summed E-state index contributed by atoms with van der Waals surface area (Å²) in [6.45, 7) is 4.05. The summed E-state index contributed by atoms with van der Waals surface area (Å²) in [4.78, 5) is 16.0. The predicted molar refractivity (Wildman–Crippen MR) is 140 cm³/mol. The van der Waals surface area contributed by atoms with E-state index in [0.29, 0.717) is 28.8 Å². The summed E-state index contributed by atoms with van der Waals surface area (Å²) < 4.78 is 27.5. The number of halogens is 3. The molecule has 198 valence electrons. The lowest BCUT2D eigenvalue weighted by Crippen LogP contribution is -2.35. The van der Waals surface area contributed by atoms with E-state index in [9.17, 15) is 4.39 Å². The van der Waals surface area contributed by atoms with E-state index in [1.807, 2.05) is 6.07 Å². The highest BCUT2D eigenvalue weighted by atomic mass is 35.5. The fourth-order valence-electron chi connectivity index (χ4n) is 4.91. The van der Waals surface area contributed by atoms with Gasteiger partial charge in [-0.3, -0.25) is 4.90 Å². The minimum absolute atomic E-state index is 0.0351. The molecule has 0 aliphatic carbocycles. The summed E-state index contributed by atoms with van der Waals surface area (Å²) in [6, 6.07) is 8.43. The van der Waals surface area contributed by atoms with Gasteiger partial charge in [-0.25, -0.2) is 14.4 Å². The number of benzene rings is 1. The zero-order chi connectivity index (χ0) is 26.1. The average Bonchev–Trinajstić information content (AvgIpc) is 3.22. The van der Waals surface area contributed by atoms with Crippen LogP contribution in [0.15, 0.2) is 36.5 Å². The quantitative estimate of drug-likeness (QED) is 0.305. The smallest absolute Gasteiger partial charge is 0.316 e. The maximum Gasteiger partial charge on any atom is 0.316 e. The van der Waals surface area contributed by atoms with Gasteiger partial charge in [0.2, 0.25) is 0 Å². The van der Waals surface area contributed by atoms with E-state index in [0.717, 1.165) is 61.6 Å². The molecule has 0 spiro atoms. The first-order chi connectivity index (χ1) is 18.5. The molecule has 38 heavy (non-hydrogen) atoms. The highest BCUT2D eigenvalue weighted by molar-refractivity contribution is 6.30. The number of nitrogens with zero attached hydrogens (tertiary/aromatic N) is 7. The van der Waals surface area contributed by atoms with Crippen LogP contribution in [0.5, 0.6) is 6.01 Å². The Morgan fingerprint density at radius 2 is 1.89 bits per heavy atom. The second-order valence-electron chi connectivity index (χ2n) is 9.63. The zero-order valence-corrected chi connectivity index (χ0v) is 22.1. The maximum absolute atomic E-state index is 14.1. The van der Waals surface area contributed by atoms with E-state index in [1.165, 1.54) is 6.07 Å². The number of hydrogen-bond donors (Lipinski definition) is 0. The predicted octanol–water partition coefficient (Wildman–Crippen LogP) is 4.81. The van der Waals surface area contributed by atoms with Crippen molar-refractivity contribution in [3.05, 3.63) is 69.6 Å². The Kier molecular flexibility index (Phi) is 7.38. The summed E-state index contributed by atoms with van der Waals surface area (Å²) in [7, 11) is 0. The molecular formula is C26H26Cl2FN7O2. The van der Waals surface area contributed by atoms with Crippen LogP contribution in [0.1, 0.15) is 42.3 Å². The Morgan fingerprint density at radius 1 is 1.05 bits per heavy atom. The van der Waals surface area contributed by atoms with Crippen LogP contribution < -0.4 is 4.74 Å². The van der Waals surface area contributed by atoms with Crippen LogP contribution in [-0.2, 0) is 24.4 Å². The van der Waals surface area contributed by atoms with Crippen LogP contribution in [-0.4, -0.2) is 60.4 Å². The third-order valence-corrected chi connectivity index (χ3v) is 7.54. The van der Waals surface area contributed by atoms with Crippen LogP contribution in [0.3, 0.4) is 0 Å². The van der Waals surface area contributed by atoms with E-state index >= 15 is 0 Å². The Bertz CT molecular complexity index is 1440. The van der Waals surface area contributed by atoms with Gasteiger partial charge in [-0.05, 0) is 50.6 Å². The van der Waals surface area contributed by atoms with Crippen molar-refractivity contribution in [2.24, 2.45) is 0 Å². The van der Waals surface area contributed by atoms with Crippen molar-refractivity contribution in [2.75, 3.05) is 19.7 Å². The van der Waals surface area contributed by atoms with Crippen LogP contribution >= 0.6 is 23.2 Å². The summed E-state index contributed by atoms with van der Waals surface area (Å²) in [5, 5.41) is 9.00. The fraction of sp³-hybridized carbons (Fsp3) is 0.423. The minimum Gasteiger partial charge on any atom is -0.458 e. The van der Waals surface area contributed by atoms with Crippen LogP contribution in [0.25, 0.3) is 11.2 Å². The summed E-state index contributed by atoms with van der Waals surface area (Å²) in [6.07, 6.45) is 4.80. The number of ether oxygens (including phenoxy) is 2. The first kappa shape index (κ1) is 25.4. The Morgan fingerprint density at radius 3 is 2.66 bits per heavy atom. The van der Waals surface area contributed by atoms with Crippen molar-refractivity contribution in [1.82, 2.24) is 34.6 Å². The van der Waals surface area contributed by atoms with Crippen molar-refractivity contribution >= 4 is 34.4 Å². The van der Waals surface area contributed by atoms with E-state index in [2.05, 4.69) is 29.6 Å². The zero-order valence-electron chi connectivity index (χ0n) is 20.6. The van der Waals surface area contributed by atoms with Gasteiger partial charge >= 0.3 is 6.01 Å². The molecule has 3 aromatic heterocycles. The van der Waals surface area contributed by atoms with Crippen LogP contribution in [0, 0.1) is 5.82 Å². The minimum atomic E-state index is -0.412. The lowest BCUT2D eigenvalue weighted by Gasteiger charge is -2.32. The largest absolute Gasteiger partial charge is 0.458 e. The number of likely N-dealkylation sites (tertiary alicyclic amines) is 1. The molecule has 5 heterocycles. The third kappa shape index (κ3) is 5.58. The van der Waals surface area contributed by atoms with Gasteiger partial charge in [0.1, 0.15) is 23.8 Å². The second kappa shape index (κ2) is 11.1. The molecule has 0 saturated carbocycles. The lowest BCUT2D eigenvalue weighted by atomic mass is 9.93. The number of piperidine rings is 1. The van der Waals surface area contributed by atoms with Crippen molar-refractivity contribution in [1.29, 1.82) is 0 Å². The molecule has 2 fully saturated rings. The molecule has 1 unspecified atom stereocenters. The number of imidazole rings is 1. The van der Waals surface area contributed by atoms with Gasteiger partial charge in [0.05, 0.1) is 24.9 Å². The molecule has 1 atom stereocenters. The topological polar surface area (TPSA) is 91.1 Å². The summed E-state index contributed by atoms with van der Waals surface area (Å²) in [5.41, 5.74) is 2.83. The van der Waals surface area contributed by atoms with Gasteiger partial charge in [-0.15, -0.1) is 10.2 Å². The van der Waals surface area contributed by atoms with E-state index < -0.39 is 5.82 Å². The van der Waals surface area contributed by atoms with Gasteiger partial charge in [0.25, 0.3) is 0 Å². The molecule has 2 saturated heterocycles. The van der Waals surface area contributed by atoms with Crippen molar-refractivity contribution in [3.63, 3.8) is 0 Å². The lowest BCUT2D eigenvalue weighted by molar-refractivity contribution is -0.0593. The number of rotatable bonds is 8. The van der Waals surface area contributed by atoms with Crippen molar-refractivity contribution in [3.8, 4) is 6.01 Å². The van der Waals surface area contributed by atoms with Crippen molar-refractivity contribution in [2.45, 2.75) is 51.0 Å².